The van der Waals surface area contributed by atoms with Crippen LogP contribution in [0.5, 0.6) is 0 Å². The summed E-state index contributed by atoms with van der Waals surface area (Å²) in [5, 5.41) is 14.1. The van der Waals surface area contributed by atoms with Gasteiger partial charge < -0.3 is 15.4 Å². The summed E-state index contributed by atoms with van der Waals surface area (Å²) in [5.74, 6) is -0.315. The number of nitriles is 1. The highest BCUT2D eigenvalue weighted by Gasteiger charge is 2.05. The first-order valence-corrected chi connectivity index (χ1v) is 6.84. The summed E-state index contributed by atoms with van der Waals surface area (Å²) < 4.78 is 4.59. The second-order valence-corrected chi connectivity index (χ2v) is 4.72. The fraction of sp³-hybridized carbons (Fsp3) is 0.118. The molecule has 2 aromatic carbocycles. The Balaban J connectivity index is 1.92. The van der Waals surface area contributed by atoms with Gasteiger partial charge in [-0.3, -0.25) is 4.79 Å². The highest BCUT2D eigenvalue weighted by Crippen LogP contribution is 2.12. The number of carbonyl (C=O) groups is 2. The van der Waals surface area contributed by atoms with Crippen LogP contribution in [0.3, 0.4) is 0 Å². The number of rotatable bonds is 4. The zero-order valence-electron chi connectivity index (χ0n) is 12.5. The lowest BCUT2D eigenvalue weighted by Crippen LogP contribution is -2.19. The summed E-state index contributed by atoms with van der Waals surface area (Å²) >= 11 is 0. The first-order valence-electron chi connectivity index (χ1n) is 6.84. The number of ether oxygens (including phenoxy) is 1. The average molecular weight is 309 g/mol. The van der Waals surface area contributed by atoms with Crippen LogP contribution in [0.2, 0.25) is 0 Å². The number of methoxy groups -OCH3 is 1. The van der Waals surface area contributed by atoms with Crippen molar-refractivity contribution in [1.82, 2.24) is 0 Å². The van der Waals surface area contributed by atoms with Gasteiger partial charge in [-0.15, -0.1) is 0 Å². The first-order chi connectivity index (χ1) is 11.1. The van der Waals surface area contributed by atoms with Crippen molar-refractivity contribution in [2.24, 2.45) is 0 Å². The molecule has 0 unspecified atom stereocenters. The molecule has 0 aromatic heterocycles. The SMILES string of the molecule is COC(=O)Cc1ccc(NC(=O)Nc2ccc(C#N)cc2)cc1. The van der Waals surface area contributed by atoms with Gasteiger partial charge in [-0.25, -0.2) is 4.79 Å². The molecule has 0 bridgehead atoms. The molecule has 0 saturated carbocycles. The van der Waals surface area contributed by atoms with Crippen LogP contribution in [0.1, 0.15) is 11.1 Å². The van der Waals surface area contributed by atoms with E-state index < -0.39 is 6.03 Å². The fourth-order valence-electron chi connectivity index (χ4n) is 1.87. The number of carbonyl (C=O) groups excluding carboxylic acids is 2. The Labute approximate surface area is 133 Å². The van der Waals surface area contributed by atoms with Crippen molar-refractivity contribution >= 4 is 23.4 Å². The minimum atomic E-state index is -0.393. The molecule has 2 aromatic rings. The molecule has 0 aliphatic carbocycles. The van der Waals surface area contributed by atoms with Gasteiger partial charge in [0.25, 0.3) is 0 Å². The maximum atomic E-state index is 11.9. The number of anilines is 2. The van der Waals surface area contributed by atoms with Crippen molar-refractivity contribution in [3.8, 4) is 6.07 Å². The number of hydrogen-bond donors (Lipinski definition) is 2. The van der Waals surface area contributed by atoms with Gasteiger partial charge in [0, 0.05) is 11.4 Å². The summed E-state index contributed by atoms with van der Waals surface area (Å²) in [6.07, 6.45) is 0.189. The van der Waals surface area contributed by atoms with Crippen LogP contribution in [0.4, 0.5) is 16.2 Å². The number of urea groups is 1. The van der Waals surface area contributed by atoms with E-state index in [2.05, 4.69) is 15.4 Å². The Bertz CT molecular complexity index is 731. The third kappa shape index (κ3) is 4.86. The minimum Gasteiger partial charge on any atom is -0.469 e. The van der Waals surface area contributed by atoms with E-state index in [1.54, 1.807) is 48.5 Å². The third-order valence-electron chi connectivity index (χ3n) is 3.06. The molecular weight excluding hydrogens is 294 g/mol. The second-order valence-electron chi connectivity index (χ2n) is 4.72. The largest absolute Gasteiger partial charge is 0.469 e. The van der Waals surface area contributed by atoms with E-state index in [4.69, 9.17) is 5.26 Å². The van der Waals surface area contributed by atoms with Crippen molar-refractivity contribution < 1.29 is 14.3 Å². The van der Waals surface area contributed by atoms with E-state index in [0.29, 0.717) is 16.9 Å². The molecule has 0 spiro atoms. The maximum Gasteiger partial charge on any atom is 0.323 e. The standard InChI is InChI=1S/C17H15N3O3/c1-23-16(21)10-12-2-6-14(7-3-12)19-17(22)20-15-8-4-13(11-18)5-9-15/h2-9H,10H2,1H3,(H2,19,20,22). The van der Waals surface area contributed by atoms with Crippen molar-refractivity contribution in [1.29, 1.82) is 5.26 Å². The normalized spacial score (nSPS) is 9.57. The van der Waals surface area contributed by atoms with Gasteiger partial charge in [0.15, 0.2) is 0 Å². The Morgan fingerprint density at radius 2 is 1.52 bits per heavy atom. The topological polar surface area (TPSA) is 91.2 Å². The minimum absolute atomic E-state index is 0.189. The van der Waals surface area contributed by atoms with Crippen LogP contribution >= 0.6 is 0 Å². The number of nitrogens with one attached hydrogen (secondary N) is 2. The van der Waals surface area contributed by atoms with Crippen LogP contribution in [-0.4, -0.2) is 19.1 Å². The summed E-state index contributed by atoms with van der Waals surface area (Å²) in [6.45, 7) is 0. The molecule has 0 radical (unpaired) electrons. The molecule has 2 N–H and O–H groups in total. The van der Waals surface area contributed by atoms with Gasteiger partial charge in [0.2, 0.25) is 0 Å². The van der Waals surface area contributed by atoms with Crippen molar-refractivity contribution in [3.63, 3.8) is 0 Å². The van der Waals surface area contributed by atoms with E-state index >= 15 is 0 Å². The number of nitrogens with zero attached hydrogens (tertiary/aromatic N) is 1. The summed E-state index contributed by atoms with van der Waals surface area (Å²) in [6, 6.07) is 15.1. The molecule has 0 fully saturated rings. The lowest BCUT2D eigenvalue weighted by atomic mass is 10.1. The number of hydrogen-bond acceptors (Lipinski definition) is 4. The Kier molecular flexibility index (Phi) is 5.31. The number of amides is 2. The quantitative estimate of drug-likeness (QED) is 0.849. The van der Waals surface area contributed by atoms with Gasteiger partial charge in [-0.1, -0.05) is 12.1 Å². The second kappa shape index (κ2) is 7.61. The van der Waals surface area contributed by atoms with Crippen LogP contribution in [-0.2, 0) is 16.0 Å². The molecule has 6 heteroatoms. The van der Waals surface area contributed by atoms with Crippen LogP contribution in [0.15, 0.2) is 48.5 Å². The molecule has 0 saturated heterocycles. The van der Waals surface area contributed by atoms with Gasteiger partial charge in [-0.2, -0.15) is 5.26 Å². The van der Waals surface area contributed by atoms with Crippen molar-refractivity contribution in [2.45, 2.75) is 6.42 Å². The molecule has 2 rings (SSSR count). The average Bonchev–Trinajstić information content (AvgIpc) is 2.57. The fourth-order valence-corrected chi connectivity index (χ4v) is 1.87. The molecular formula is C17H15N3O3. The Morgan fingerprint density at radius 1 is 1.00 bits per heavy atom. The molecule has 0 atom stereocenters. The molecule has 0 aliphatic rings. The third-order valence-corrected chi connectivity index (χ3v) is 3.06. The molecule has 0 aliphatic heterocycles. The van der Waals surface area contributed by atoms with Crippen molar-refractivity contribution in [3.05, 3.63) is 59.7 Å². The van der Waals surface area contributed by atoms with Crippen LogP contribution < -0.4 is 10.6 Å². The molecule has 2 amide bonds. The van der Waals surface area contributed by atoms with E-state index in [0.717, 1.165) is 5.56 Å². The zero-order chi connectivity index (χ0) is 16.7. The predicted octanol–water partition coefficient (Wildman–Crippen LogP) is 2.92. The number of benzene rings is 2. The Hall–Kier alpha value is -3.33. The monoisotopic (exact) mass is 309 g/mol. The lowest BCUT2D eigenvalue weighted by Gasteiger charge is -2.08. The van der Waals surface area contributed by atoms with Gasteiger partial charge in [-0.05, 0) is 42.0 Å². The van der Waals surface area contributed by atoms with Crippen molar-refractivity contribution in [2.75, 3.05) is 17.7 Å². The van der Waals surface area contributed by atoms with E-state index in [1.807, 2.05) is 6.07 Å². The summed E-state index contributed by atoms with van der Waals surface area (Å²) in [4.78, 5) is 23.1. The number of esters is 1. The molecule has 116 valence electrons. The first kappa shape index (κ1) is 16.0. The summed E-state index contributed by atoms with van der Waals surface area (Å²) in [7, 11) is 1.34. The highest BCUT2D eigenvalue weighted by molar-refractivity contribution is 5.99. The predicted molar refractivity (Wildman–Crippen MR) is 86.0 cm³/mol. The molecule has 6 nitrogen and oxygen atoms in total. The smallest absolute Gasteiger partial charge is 0.323 e. The zero-order valence-corrected chi connectivity index (χ0v) is 12.5. The Morgan fingerprint density at radius 3 is 2.00 bits per heavy atom. The van der Waals surface area contributed by atoms with Gasteiger partial charge >= 0.3 is 12.0 Å². The van der Waals surface area contributed by atoms with E-state index in [1.165, 1.54) is 7.11 Å². The van der Waals surface area contributed by atoms with Gasteiger partial charge in [0.1, 0.15) is 0 Å². The van der Waals surface area contributed by atoms with E-state index in [9.17, 15) is 9.59 Å². The molecule has 23 heavy (non-hydrogen) atoms. The van der Waals surface area contributed by atoms with E-state index in [-0.39, 0.29) is 12.4 Å². The van der Waals surface area contributed by atoms with Crippen LogP contribution in [0.25, 0.3) is 0 Å². The van der Waals surface area contributed by atoms with Gasteiger partial charge in [0.05, 0.1) is 25.2 Å². The highest BCUT2D eigenvalue weighted by atomic mass is 16.5. The molecule has 0 heterocycles. The van der Waals surface area contributed by atoms with Crippen LogP contribution in [0, 0.1) is 11.3 Å². The maximum absolute atomic E-state index is 11.9. The lowest BCUT2D eigenvalue weighted by molar-refractivity contribution is -0.139. The summed E-state index contributed by atoms with van der Waals surface area (Å²) in [5.41, 5.74) is 2.51.